The van der Waals surface area contributed by atoms with Crippen molar-refractivity contribution in [2.45, 2.75) is 32.6 Å². The second-order valence-electron chi connectivity index (χ2n) is 6.90. The molecule has 1 aliphatic rings. The van der Waals surface area contributed by atoms with E-state index in [1.54, 1.807) is 11.3 Å². The third-order valence-corrected chi connectivity index (χ3v) is 5.81. The normalized spacial score (nSPS) is 14.5. The zero-order valence-electron chi connectivity index (χ0n) is 14.9. The number of anilines is 2. The Balaban J connectivity index is 1.46. The third-order valence-electron chi connectivity index (χ3n) is 4.99. The smallest absolute Gasteiger partial charge is 0.187 e. The van der Waals surface area contributed by atoms with E-state index in [-0.39, 0.29) is 5.92 Å². The summed E-state index contributed by atoms with van der Waals surface area (Å²) in [4.78, 5) is 18.0. The van der Waals surface area contributed by atoms with Gasteiger partial charge in [-0.3, -0.25) is 4.79 Å². The van der Waals surface area contributed by atoms with Crippen LogP contribution in [0, 0.1) is 12.8 Å². The molecule has 2 aromatic carbocycles. The van der Waals surface area contributed by atoms with Crippen LogP contribution in [0.4, 0.5) is 10.8 Å². The number of benzene rings is 2. The Hall–Kier alpha value is -2.46. The van der Waals surface area contributed by atoms with Crippen molar-refractivity contribution in [3.8, 4) is 11.1 Å². The van der Waals surface area contributed by atoms with Crippen LogP contribution in [-0.4, -0.2) is 10.8 Å². The maximum atomic E-state index is 12.5. The summed E-state index contributed by atoms with van der Waals surface area (Å²) in [5.74, 6) is 0.549. The number of thiazole rings is 1. The first-order chi connectivity index (χ1) is 12.7. The molecule has 1 N–H and O–H groups in total. The van der Waals surface area contributed by atoms with Crippen LogP contribution in [0.2, 0.25) is 0 Å². The van der Waals surface area contributed by atoms with Crippen molar-refractivity contribution in [3.63, 3.8) is 0 Å². The Labute approximate surface area is 158 Å². The molecule has 0 spiro atoms. The molecule has 0 bridgehead atoms. The maximum absolute atomic E-state index is 12.5. The second kappa shape index (κ2) is 7.42. The summed E-state index contributed by atoms with van der Waals surface area (Å²) in [7, 11) is 0. The summed E-state index contributed by atoms with van der Waals surface area (Å²) in [6.45, 7) is 2.05. The van der Waals surface area contributed by atoms with Crippen LogP contribution in [0.3, 0.4) is 0 Å². The molecule has 0 radical (unpaired) electrons. The van der Waals surface area contributed by atoms with Crippen molar-refractivity contribution in [1.29, 1.82) is 0 Å². The first-order valence-corrected chi connectivity index (χ1v) is 9.95. The molecule has 0 unspecified atom stereocenters. The molecule has 0 aliphatic heterocycles. The van der Waals surface area contributed by atoms with E-state index in [1.165, 1.54) is 17.7 Å². The van der Waals surface area contributed by atoms with Gasteiger partial charge >= 0.3 is 0 Å². The highest BCUT2D eigenvalue weighted by molar-refractivity contribution is 7.15. The minimum atomic E-state index is 0.237. The number of hydrogen-bond donors (Lipinski definition) is 1. The fraction of sp³-hybridized carbons (Fsp3) is 0.273. The molecule has 26 heavy (non-hydrogen) atoms. The Kier molecular flexibility index (Phi) is 4.85. The maximum Gasteiger partial charge on any atom is 0.187 e. The first kappa shape index (κ1) is 17.0. The van der Waals surface area contributed by atoms with Crippen LogP contribution in [-0.2, 0) is 0 Å². The predicted octanol–water partition coefficient (Wildman–Crippen LogP) is 6.24. The summed E-state index contributed by atoms with van der Waals surface area (Å²) in [6, 6.07) is 16.4. The lowest BCUT2D eigenvalue weighted by molar-refractivity contribution is 0.0923. The lowest BCUT2D eigenvalue weighted by Crippen LogP contribution is -2.10. The second-order valence-corrected chi connectivity index (χ2v) is 8.14. The molecule has 0 saturated heterocycles. The quantitative estimate of drug-likeness (QED) is 0.547. The number of hydrogen-bond acceptors (Lipinski definition) is 4. The predicted molar refractivity (Wildman–Crippen MR) is 108 cm³/mol. The molecule has 3 nitrogen and oxygen atoms in total. The number of nitrogens with zero attached hydrogens (tertiary/aromatic N) is 1. The van der Waals surface area contributed by atoms with Crippen LogP contribution in [0.5, 0.6) is 0 Å². The number of carbonyl (C=O) groups excluding carboxylic acids is 1. The molecule has 1 fully saturated rings. The number of nitrogens with one attached hydrogen (secondary N) is 1. The Bertz CT molecular complexity index is 891. The van der Waals surface area contributed by atoms with E-state index in [0.29, 0.717) is 5.78 Å². The molecule has 1 saturated carbocycles. The van der Waals surface area contributed by atoms with E-state index < -0.39 is 0 Å². The summed E-state index contributed by atoms with van der Waals surface area (Å²) < 4.78 is 0. The summed E-state index contributed by atoms with van der Waals surface area (Å²) in [5, 5.41) is 4.23. The Morgan fingerprint density at radius 2 is 1.62 bits per heavy atom. The first-order valence-electron chi connectivity index (χ1n) is 9.13. The van der Waals surface area contributed by atoms with Gasteiger partial charge in [-0.1, -0.05) is 49.2 Å². The molecular weight excluding hydrogens is 340 g/mol. The van der Waals surface area contributed by atoms with Gasteiger partial charge in [0.05, 0.1) is 0 Å². The molecule has 4 rings (SSSR count). The topological polar surface area (TPSA) is 42.0 Å². The van der Waals surface area contributed by atoms with E-state index in [0.717, 1.165) is 40.4 Å². The summed E-state index contributed by atoms with van der Waals surface area (Å²) in [5.41, 5.74) is 4.14. The minimum Gasteiger partial charge on any atom is -0.332 e. The van der Waals surface area contributed by atoms with Crippen molar-refractivity contribution in [2.24, 2.45) is 5.92 Å². The number of aryl methyl sites for hydroxylation is 1. The third kappa shape index (κ3) is 3.70. The van der Waals surface area contributed by atoms with Crippen molar-refractivity contribution in [3.05, 3.63) is 65.2 Å². The highest BCUT2D eigenvalue weighted by atomic mass is 32.1. The zero-order valence-corrected chi connectivity index (χ0v) is 15.7. The van der Waals surface area contributed by atoms with Gasteiger partial charge < -0.3 is 5.32 Å². The van der Waals surface area contributed by atoms with E-state index >= 15 is 0 Å². The highest BCUT2D eigenvalue weighted by Gasteiger charge is 2.23. The highest BCUT2D eigenvalue weighted by Crippen LogP contribution is 2.29. The number of rotatable bonds is 5. The average molecular weight is 362 g/mol. The Morgan fingerprint density at radius 1 is 1.00 bits per heavy atom. The summed E-state index contributed by atoms with van der Waals surface area (Å²) in [6.07, 6.45) is 6.35. The Morgan fingerprint density at radius 3 is 2.19 bits per heavy atom. The lowest BCUT2D eigenvalue weighted by Gasteiger charge is -2.09. The van der Waals surface area contributed by atoms with Crippen molar-refractivity contribution in [2.75, 3.05) is 5.32 Å². The molecule has 0 atom stereocenters. The molecule has 4 heteroatoms. The van der Waals surface area contributed by atoms with Gasteiger partial charge in [-0.05, 0) is 43.0 Å². The van der Waals surface area contributed by atoms with E-state index in [9.17, 15) is 4.79 Å². The number of ketones is 1. The van der Waals surface area contributed by atoms with Gasteiger partial charge in [-0.25, -0.2) is 4.98 Å². The summed E-state index contributed by atoms with van der Waals surface area (Å²) >= 11 is 1.64. The monoisotopic (exact) mass is 362 g/mol. The molecule has 0 amide bonds. The standard InChI is InChI=1S/C22H22N2OS/c1-15-14-23-22(26-15)24-20-12-10-17(11-13-20)16-6-8-19(9-7-16)21(25)18-4-2-3-5-18/h6-14,18H,2-5H2,1H3,(H,23,24). The van der Waals surface area contributed by atoms with Gasteiger partial charge in [-0.15, -0.1) is 11.3 Å². The van der Waals surface area contributed by atoms with Gasteiger partial charge in [-0.2, -0.15) is 0 Å². The molecule has 3 aromatic rings. The van der Waals surface area contributed by atoms with Gasteiger partial charge in [0, 0.05) is 28.2 Å². The number of carbonyl (C=O) groups is 1. The van der Waals surface area contributed by atoms with Gasteiger partial charge in [0.1, 0.15) is 0 Å². The SMILES string of the molecule is Cc1cnc(Nc2ccc(-c3ccc(C(=O)C4CCCC4)cc3)cc2)s1. The average Bonchev–Trinajstić information content (AvgIpc) is 3.34. The largest absolute Gasteiger partial charge is 0.332 e. The van der Waals surface area contributed by atoms with E-state index in [4.69, 9.17) is 0 Å². The van der Waals surface area contributed by atoms with E-state index in [1.807, 2.05) is 25.3 Å². The van der Waals surface area contributed by atoms with Crippen molar-refractivity contribution in [1.82, 2.24) is 4.98 Å². The minimum absolute atomic E-state index is 0.237. The number of Topliss-reactive ketones (excluding diaryl/α,β-unsaturated/α-hetero) is 1. The van der Waals surface area contributed by atoms with Crippen LogP contribution in [0.15, 0.2) is 54.7 Å². The molecule has 132 valence electrons. The molecule has 1 aliphatic carbocycles. The van der Waals surface area contributed by atoms with Gasteiger partial charge in [0.2, 0.25) is 0 Å². The van der Waals surface area contributed by atoms with Crippen LogP contribution in [0.1, 0.15) is 40.9 Å². The van der Waals surface area contributed by atoms with Crippen LogP contribution >= 0.6 is 11.3 Å². The van der Waals surface area contributed by atoms with Gasteiger partial charge in [0.15, 0.2) is 10.9 Å². The number of aromatic nitrogens is 1. The zero-order chi connectivity index (χ0) is 17.9. The van der Waals surface area contributed by atoms with Crippen molar-refractivity contribution >= 4 is 27.9 Å². The van der Waals surface area contributed by atoms with Gasteiger partial charge in [0.25, 0.3) is 0 Å². The molecular formula is C22H22N2OS. The molecule has 1 heterocycles. The fourth-order valence-electron chi connectivity index (χ4n) is 3.53. The van der Waals surface area contributed by atoms with Crippen LogP contribution in [0.25, 0.3) is 11.1 Å². The van der Waals surface area contributed by atoms with E-state index in [2.05, 4.69) is 46.7 Å². The fourth-order valence-corrected chi connectivity index (χ4v) is 4.22. The lowest BCUT2D eigenvalue weighted by atomic mass is 9.94. The van der Waals surface area contributed by atoms with Crippen molar-refractivity contribution < 1.29 is 4.79 Å². The molecule has 1 aromatic heterocycles. The van der Waals surface area contributed by atoms with Crippen LogP contribution < -0.4 is 5.32 Å².